The molecule has 0 aliphatic carbocycles. The highest BCUT2D eigenvalue weighted by Crippen LogP contribution is 2.30. The van der Waals surface area contributed by atoms with Crippen LogP contribution < -0.4 is 4.74 Å². The molecule has 4 rings (SSSR count). The lowest BCUT2D eigenvalue weighted by molar-refractivity contribution is -0.159. The monoisotopic (exact) mass is 458 g/mol. The van der Waals surface area contributed by atoms with E-state index in [4.69, 9.17) is 4.74 Å². The maximum absolute atomic E-state index is 13.4. The van der Waals surface area contributed by atoms with Gasteiger partial charge in [0.1, 0.15) is 11.9 Å². The molecule has 0 spiro atoms. The number of pyridine rings is 1. The lowest BCUT2D eigenvalue weighted by Crippen LogP contribution is -2.31. The first-order valence-electron chi connectivity index (χ1n) is 8.92. The number of alkyl halides is 3. The summed E-state index contributed by atoms with van der Waals surface area (Å²) in [4.78, 5) is 7.13. The highest BCUT2D eigenvalue weighted by molar-refractivity contribution is 7.89. The summed E-state index contributed by atoms with van der Waals surface area (Å²) in [5.41, 5.74) is 0.188. The van der Waals surface area contributed by atoms with Crippen molar-refractivity contribution in [1.82, 2.24) is 19.4 Å². The van der Waals surface area contributed by atoms with Gasteiger partial charge in [0.05, 0.1) is 11.4 Å². The minimum atomic E-state index is -4.75. The van der Waals surface area contributed by atoms with Crippen LogP contribution in [0.5, 0.6) is 5.88 Å². The predicted octanol–water partition coefficient (Wildman–Crippen LogP) is 3.13. The number of halogens is 4. The summed E-state index contributed by atoms with van der Waals surface area (Å²) in [6.07, 6.45) is -3.64. The molecule has 1 saturated heterocycles. The van der Waals surface area contributed by atoms with Gasteiger partial charge in [-0.2, -0.15) is 22.5 Å². The van der Waals surface area contributed by atoms with Gasteiger partial charge in [0.2, 0.25) is 21.7 Å². The summed E-state index contributed by atoms with van der Waals surface area (Å²) < 4.78 is 87.4. The second kappa shape index (κ2) is 7.89. The van der Waals surface area contributed by atoms with Crippen LogP contribution >= 0.6 is 0 Å². The van der Waals surface area contributed by atoms with Crippen LogP contribution in [0.2, 0.25) is 0 Å². The molecular weight excluding hydrogens is 444 g/mol. The zero-order valence-corrected chi connectivity index (χ0v) is 16.4. The Morgan fingerprint density at radius 2 is 2.00 bits per heavy atom. The Kier molecular flexibility index (Phi) is 5.39. The molecule has 1 fully saturated rings. The zero-order valence-electron chi connectivity index (χ0n) is 15.6. The Hall–Kier alpha value is -3.06. The molecule has 8 nitrogen and oxygen atoms in total. The SMILES string of the molecule is O=S(=O)(c1cccc(F)c1)N1CC[C@H](Oc2ccc(-c3noc(C(F)(F)F)n3)cn2)C1. The number of rotatable bonds is 5. The molecule has 1 aliphatic rings. The van der Waals surface area contributed by atoms with Gasteiger partial charge < -0.3 is 9.26 Å². The Morgan fingerprint density at radius 1 is 1.19 bits per heavy atom. The van der Waals surface area contributed by atoms with Crippen LogP contribution in [-0.2, 0) is 16.2 Å². The van der Waals surface area contributed by atoms with E-state index in [0.717, 1.165) is 12.1 Å². The molecule has 3 aromatic rings. The van der Waals surface area contributed by atoms with Crippen molar-refractivity contribution in [3.63, 3.8) is 0 Å². The lowest BCUT2D eigenvalue weighted by Gasteiger charge is -2.17. The van der Waals surface area contributed by atoms with Crippen molar-refractivity contribution in [2.75, 3.05) is 13.1 Å². The normalized spacial score (nSPS) is 17.7. The van der Waals surface area contributed by atoms with Gasteiger partial charge in [-0.25, -0.2) is 17.8 Å². The van der Waals surface area contributed by atoms with Crippen LogP contribution in [0.1, 0.15) is 12.3 Å². The predicted molar refractivity (Wildman–Crippen MR) is 96.7 cm³/mol. The average Bonchev–Trinajstić information content (AvgIpc) is 3.38. The van der Waals surface area contributed by atoms with E-state index >= 15 is 0 Å². The first-order valence-corrected chi connectivity index (χ1v) is 10.4. The molecule has 2 aromatic heterocycles. The van der Waals surface area contributed by atoms with Crippen LogP contribution in [0.25, 0.3) is 11.4 Å². The smallest absolute Gasteiger partial charge is 0.471 e. The average molecular weight is 458 g/mol. The van der Waals surface area contributed by atoms with Gasteiger partial charge >= 0.3 is 12.1 Å². The van der Waals surface area contributed by atoms with E-state index in [1.165, 1.54) is 34.8 Å². The molecule has 0 saturated carbocycles. The maximum atomic E-state index is 13.4. The number of aromatic nitrogens is 3. The van der Waals surface area contributed by atoms with E-state index < -0.39 is 34.0 Å². The van der Waals surface area contributed by atoms with Crippen LogP contribution in [-0.4, -0.2) is 47.0 Å². The number of hydrogen-bond acceptors (Lipinski definition) is 7. The van der Waals surface area contributed by atoms with Crippen molar-refractivity contribution < 1.29 is 35.2 Å². The minimum Gasteiger partial charge on any atom is -0.473 e. The van der Waals surface area contributed by atoms with Crippen LogP contribution in [0.15, 0.2) is 52.0 Å². The van der Waals surface area contributed by atoms with Gasteiger partial charge in [-0.3, -0.25) is 0 Å². The van der Waals surface area contributed by atoms with Crippen molar-refractivity contribution in [2.45, 2.75) is 23.6 Å². The highest BCUT2D eigenvalue weighted by Gasteiger charge is 2.38. The van der Waals surface area contributed by atoms with Crippen molar-refractivity contribution >= 4 is 10.0 Å². The molecule has 164 valence electrons. The third-order valence-corrected chi connectivity index (χ3v) is 6.35. The van der Waals surface area contributed by atoms with Gasteiger partial charge in [0.15, 0.2) is 0 Å². The van der Waals surface area contributed by atoms with E-state index in [-0.39, 0.29) is 35.3 Å². The van der Waals surface area contributed by atoms with Crippen molar-refractivity contribution in [1.29, 1.82) is 0 Å². The number of sulfonamides is 1. The molecule has 13 heteroatoms. The summed E-state index contributed by atoms with van der Waals surface area (Å²) in [5, 5.41) is 3.27. The van der Waals surface area contributed by atoms with E-state index in [9.17, 15) is 26.0 Å². The van der Waals surface area contributed by atoms with Crippen molar-refractivity contribution in [3.05, 3.63) is 54.3 Å². The molecule has 31 heavy (non-hydrogen) atoms. The maximum Gasteiger partial charge on any atom is 0.471 e. The molecule has 0 N–H and O–H groups in total. The van der Waals surface area contributed by atoms with Gasteiger partial charge in [0.25, 0.3) is 0 Å². The zero-order chi connectivity index (χ0) is 22.2. The Labute approximate surface area is 173 Å². The number of nitrogens with zero attached hydrogens (tertiary/aromatic N) is 4. The fourth-order valence-electron chi connectivity index (χ4n) is 3.00. The molecule has 3 heterocycles. The first-order chi connectivity index (χ1) is 14.6. The molecule has 0 unspecified atom stereocenters. The third-order valence-electron chi connectivity index (χ3n) is 4.49. The standard InChI is InChI=1S/C18H14F4N4O4S/c19-12-2-1-3-14(8-12)31(27,28)26-7-6-13(10-26)29-15-5-4-11(9-23-15)16-24-17(30-25-16)18(20,21)22/h1-5,8-9,13H,6-7,10H2/t13-/m0/s1. The molecule has 0 radical (unpaired) electrons. The van der Waals surface area contributed by atoms with Crippen LogP contribution in [0.4, 0.5) is 17.6 Å². The Morgan fingerprint density at radius 3 is 2.65 bits per heavy atom. The Balaban J connectivity index is 1.41. The van der Waals surface area contributed by atoms with Gasteiger partial charge in [-0.1, -0.05) is 11.2 Å². The van der Waals surface area contributed by atoms with Gasteiger partial charge in [0, 0.05) is 24.4 Å². The van der Waals surface area contributed by atoms with Crippen LogP contribution in [0, 0.1) is 5.82 Å². The number of ether oxygens (including phenoxy) is 1. The van der Waals surface area contributed by atoms with Gasteiger partial charge in [-0.05, 0) is 30.7 Å². The van der Waals surface area contributed by atoms with Crippen LogP contribution in [0.3, 0.4) is 0 Å². The molecule has 1 aliphatic heterocycles. The second-order valence-corrected chi connectivity index (χ2v) is 8.59. The molecule has 1 atom stereocenters. The van der Waals surface area contributed by atoms with Gasteiger partial charge in [-0.15, -0.1) is 0 Å². The topological polar surface area (TPSA) is 98.4 Å². The minimum absolute atomic E-state index is 0.0437. The number of benzene rings is 1. The molecular formula is C18H14F4N4O4S. The van der Waals surface area contributed by atoms with E-state index in [1.807, 2.05) is 0 Å². The quantitative estimate of drug-likeness (QED) is 0.542. The molecule has 1 aromatic carbocycles. The van der Waals surface area contributed by atoms with E-state index in [0.29, 0.717) is 6.42 Å². The summed E-state index contributed by atoms with van der Waals surface area (Å²) in [7, 11) is -3.86. The highest BCUT2D eigenvalue weighted by atomic mass is 32.2. The summed E-state index contributed by atoms with van der Waals surface area (Å²) in [5.74, 6) is -2.24. The Bertz CT molecular complexity index is 1180. The fraction of sp³-hybridized carbons (Fsp3) is 0.278. The van der Waals surface area contributed by atoms with Crippen molar-refractivity contribution in [3.8, 4) is 17.3 Å². The van der Waals surface area contributed by atoms with E-state index in [1.54, 1.807) is 0 Å². The lowest BCUT2D eigenvalue weighted by atomic mass is 10.2. The summed E-state index contributed by atoms with van der Waals surface area (Å²) in [6, 6.07) is 7.55. The second-order valence-electron chi connectivity index (χ2n) is 6.65. The van der Waals surface area contributed by atoms with E-state index in [2.05, 4.69) is 19.6 Å². The third kappa shape index (κ3) is 4.51. The fourth-order valence-corrected chi connectivity index (χ4v) is 4.52. The first kappa shape index (κ1) is 21.2. The largest absolute Gasteiger partial charge is 0.473 e. The summed E-state index contributed by atoms with van der Waals surface area (Å²) >= 11 is 0. The summed E-state index contributed by atoms with van der Waals surface area (Å²) in [6.45, 7) is 0.229. The molecule has 0 bridgehead atoms. The van der Waals surface area contributed by atoms with Crippen molar-refractivity contribution in [2.24, 2.45) is 0 Å². The molecule has 0 amide bonds. The number of hydrogen-bond donors (Lipinski definition) is 0.